The van der Waals surface area contributed by atoms with Gasteiger partial charge in [0, 0.05) is 22.3 Å². The summed E-state index contributed by atoms with van der Waals surface area (Å²) >= 11 is 0. The number of hydrazone groups is 2. The Kier molecular flexibility index (Phi) is 12.9. The van der Waals surface area contributed by atoms with E-state index in [4.69, 9.17) is 9.47 Å². The number of carbonyl (C=O) groups excluding carboxylic acids is 2. The Balaban J connectivity index is 0.00000302. The topological polar surface area (TPSA) is 216 Å². The molecule has 2 N–H and O–H groups in total. The molecule has 0 saturated carbocycles. The predicted octanol–water partition coefficient (Wildman–Crippen LogP) is -1.52. The maximum absolute atomic E-state index is 13.0. The molecule has 0 radical (unpaired) electrons. The third-order valence-electron chi connectivity index (χ3n) is 7.74. The van der Waals surface area contributed by atoms with Gasteiger partial charge in [0.05, 0.1) is 35.4 Å². The van der Waals surface area contributed by atoms with Gasteiger partial charge >= 0.3 is 59.1 Å². The summed E-state index contributed by atoms with van der Waals surface area (Å²) in [6.07, 6.45) is 1.86. The van der Waals surface area contributed by atoms with Crippen LogP contribution in [-0.4, -0.2) is 63.2 Å². The SMILES string of the molecule is COc1cc(-c2ccc(N/N=C3/C=C(S(=O)(=O)[O-])c4ccccc4C3=O)c(OC)c2)ccc1N/N=C1/C=C(S(=O)(=O)[O-])c2ccccc2C1=O.[Na+].[Na+]. The van der Waals surface area contributed by atoms with E-state index in [9.17, 15) is 35.5 Å². The van der Waals surface area contributed by atoms with E-state index in [1.807, 2.05) is 0 Å². The zero-order chi connectivity index (χ0) is 35.8. The first-order valence-corrected chi connectivity index (χ1v) is 17.3. The van der Waals surface area contributed by atoms with Crippen molar-refractivity contribution in [2.45, 2.75) is 0 Å². The molecule has 0 unspecified atom stereocenters. The fraction of sp³-hybridized carbons (Fsp3) is 0.0588. The molecule has 14 nitrogen and oxygen atoms in total. The number of ether oxygens (including phenoxy) is 2. The van der Waals surface area contributed by atoms with Crippen LogP contribution in [-0.2, 0) is 20.2 Å². The number of carbonyl (C=O) groups is 2. The molecule has 0 aliphatic heterocycles. The molecule has 2 aliphatic rings. The van der Waals surface area contributed by atoms with Crippen molar-refractivity contribution in [3.8, 4) is 22.6 Å². The van der Waals surface area contributed by atoms with E-state index in [1.165, 1.54) is 50.6 Å². The van der Waals surface area contributed by atoms with Crippen LogP contribution in [0.1, 0.15) is 31.8 Å². The van der Waals surface area contributed by atoms with Crippen molar-refractivity contribution < 1.29 is 104 Å². The Hall–Kier alpha value is -3.94. The second-order valence-electron chi connectivity index (χ2n) is 10.7. The number of benzene rings is 4. The number of Topliss-reactive ketones (excluding diaryl/α,β-unsaturated/α-hetero) is 2. The zero-order valence-corrected chi connectivity index (χ0v) is 33.7. The van der Waals surface area contributed by atoms with E-state index in [0.717, 1.165) is 12.2 Å². The van der Waals surface area contributed by atoms with E-state index in [-0.39, 0.29) is 92.8 Å². The first-order chi connectivity index (χ1) is 23.8. The van der Waals surface area contributed by atoms with Gasteiger partial charge in [-0.15, -0.1) is 0 Å². The number of rotatable bonds is 9. The standard InChI is InChI=1S/C34H26N4O10S2.2Na/c1-47-29-15-19(11-13-25(29)35-37-27-17-31(49(41,42)43)21-7-3-5-9-23(21)33(27)39)20-12-14-26(30(16-20)48-2)36-38-28-18-32(50(44,45)46)22-8-4-6-10-24(22)34(28)40;;/h3-18,35-36H,1-2H3,(H,41,42,43)(H,44,45,46);;/q;2*+1/p-2/b37-27-,38-28-;;. The van der Waals surface area contributed by atoms with Crippen molar-refractivity contribution in [1.29, 1.82) is 0 Å². The number of hydrogen-bond acceptors (Lipinski definition) is 14. The summed E-state index contributed by atoms with van der Waals surface area (Å²) in [5, 5.41) is 8.16. The molecule has 4 aromatic rings. The molecule has 6 rings (SSSR count). The number of nitrogens with one attached hydrogen (secondary N) is 2. The van der Waals surface area contributed by atoms with Crippen LogP contribution < -0.4 is 79.4 Å². The molecule has 0 amide bonds. The molecule has 18 heteroatoms. The third-order valence-corrected chi connectivity index (χ3v) is 9.50. The fourth-order valence-electron chi connectivity index (χ4n) is 5.35. The number of anilines is 2. The Labute approximate surface area is 342 Å². The second-order valence-corrected chi connectivity index (χ2v) is 13.4. The Bertz CT molecular complexity index is 2290. The van der Waals surface area contributed by atoms with Crippen molar-refractivity contribution in [1.82, 2.24) is 0 Å². The molecule has 254 valence electrons. The molecule has 0 saturated heterocycles. The summed E-state index contributed by atoms with van der Waals surface area (Å²) in [6.45, 7) is 0. The maximum Gasteiger partial charge on any atom is 1.00 e. The van der Waals surface area contributed by atoms with E-state index in [0.29, 0.717) is 34.0 Å². The van der Waals surface area contributed by atoms with E-state index < -0.39 is 41.6 Å². The van der Waals surface area contributed by atoms with Crippen LogP contribution >= 0.6 is 0 Å². The van der Waals surface area contributed by atoms with Gasteiger partial charge in [-0.25, -0.2) is 16.8 Å². The summed E-state index contributed by atoms with van der Waals surface area (Å²) < 4.78 is 82.6. The molecule has 4 aromatic carbocycles. The molecule has 52 heavy (non-hydrogen) atoms. The average molecular weight is 759 g/mol. The second kappa shape index (κ2) is 16.4. The predicted molar refractivity (Wildman–Crippen MR) is 184 cm³/mol. The molecule has 0 bridgehead atoms. The fourth-order valence-corrected chi connectivity index (χ4v) is 6.76. The molecular formula is C34H24N4Na2O10S2. The van der Waals surface area contributed by atoms with Gasteiger partial charge in [0.2, 0.25) is 11.6 Å². The average Bonchev–Trinajstić information content (AvgIpc) is 3.10. The van der Waals surface area contributed by atoms with Gasteiger partial charge in [0.1, 0.15) is 43.2 Å². The minimum absolute atomic E-state index is 0. The van der Waals surface area contributed by atoms with Crippen LogP contribution in [0.25, 0.3) is 20.9 Å². The molecule has 0 fully saturated rings. The van der Waals surface area contributed by atoms with Crippen molar-refractivity contribution in [3.63, 3.8) is 0 Å². The van der Waals surface area contributed by atoms with Crippen LogP contribution in [0, 0.1) is 0 Å². The van der Waals surface area contributed by atoms with Gasteiger partial charge in [-0.3, -0.25) is 20.4 Å². The first-order valence-electron chi connectivity index (χ1n) is 14.5. The van der Waals surface area contributed by atoms with Crippen LogP contribution in [0.15, 0.2) is 107 Å². The van der Waals surface area contributed by atoms with Gasteiger partial charge in [0.15, 0.2) is 0 Å². The van der Waals surface area contributed by atoms with Gasteiger partial charge in [-0.2, -0.15) is 10.2 Å². The Morgan fingerprint density at radius 3 is 1.23 bits per heavy atom. The van der Waals surface area contributed by atoms with Gasteiger partial charge in [-0.1, -0.05) is 60.7 Å². The zero-order valence-electron chi connectivity index (χ0n) is 28.0. The van der Waals surface area contributed by atoms with Gasteiger partial charge < -0.3 is 18.6 Å². The molecule has 0 spiro atoms. The normalized spacial score (nSPS) is 15.3. The number of fused-ring (bicyclic) bond motifs is 2. The molecule has 0 aromatic heterocycles. The monoisotopic (exact) mass is 758 g/mol. The van der Waals surface area contributed by atoms with E-state index in [2.05, 4.69) is 21.1 Å². The van der Waals surface area contributed by atoms with Crippen LogP contribution in [0.5, 0.6) is 11.5 Å². The Morgan fingerprint density at radius 1 is 0.558 bits per heavy atom. The minimum Gasteiger partial charge on any atom is -0.744 e. The van der Waals surface area contributed by atoms with Crippen LogP contribution in [0.4, 0.5) is 11.4 Å². The summed E-state index contributed by atoms with van der Waals surface area (Å²) in [5.74, 6) is -0.551. The third kappa shape index (κ3) is 8.31. The first kappa shape index (κ1) is 40.8. The number of methoxy groups -OCH3 is 2. The van der Waals surface area contributed by atoms with Crippen LogP contribution in [0.3, 0.4) is 0 Å². The number of ketones is 2. The minimum atomic E-state index is -4.91. The van der Waals surface area contributed by atoms with Crippen molar-refractivity contribution in [3.05, 3.63) is 119 Å². The number of hydrogen-bond donors (Lipinski definition) is 2. The smallest absolute Gasteiger partial charge is 0.744 e. The van der Waals surface area contributed by atoms with E-state index in [1.54, 1.807) is 48.5 Å². The van der Waals surface area contributed by atoms with Crippen molar-refractivity contribution >= 4 is 64.4 Å². The van der Waals surface area contributed by atoms with Crippen LogP contribution in [0.2, 0.25) is 0 Å². The quantitative estimate of drug-likeness (QED) is 0.113. The maximum atomic E-state index is 13.0. The van der Waals surface area contributed by atoms with Gasteiger partial charge in [0.25, 0.3) is 0 Å². The number of nitrogens with zero attached hydrogens (tertiary/aromatic N) is 2. The summed E-state index contributed by atoms with van der Waals surface area (Å²) in [4.78, 5) is 24.9. The van der Waals surface area contributed by atoms with E-state index >= 15 is 0 Å². The molecule has 2 aliphatic carbocycles. The van der Waals surface area contributed by atoms with Gasteiger partial charge in [-0.05, 0) is 47.5 Å². The molecule has 0 atom stereocenters. The molecular weight excluding hydrogens is 735 g/mol. The van der Waals surface area contributed by atoms with Crippen molar-refractivity contribution in [2.24, 2.45) is 10.2 Å². The summed E-state index contributed by atoms with van der Waals surface area (Å²) in [5.41, 5.74) is 6.86. The molecule has 0 heterocycles. The summed E-state index contributed by atoms with van der Waals surface area (Å²) in [7, 11) is -7.00. The number of allylic oxidation sites excluding steroid dienone is 2. The summed E-state index contributed by atoms with van der Waals surface area (Å²) in [6, 6.07) is 21.7. The van der Waals surface area contributed by atoms with Crippen molar-refractivity contribution in [2.75, 3.05) is 25.1 Å². The Morgan fingerprint density at radius 2 is 0.904 bits per heavy atom. The largest absolute Gasteiger partial charge is 1.00 e.